The molecule has 156 valence electrons. The topological polar surface area (TPSA) is 74.1 Å². The van der Waals surface area contributed by atoms with E-state index in [-0.39, 0.29) is 35.1 Å². The molecular weight excluding hydrogens is 382 g/mol. The molecule has 0 atom stereocenters. The number of Topliss-reactive ketones (excluding diaryl/α,β-unsaturated/α-hetero) is 1. The van der Waals surface area contributed by atoms with Crippen molar-refractivity contribution >= 4 is 23.2 Å². The monoisotopic (exact) mass is 407 g/mol. The van der Waals surface area contributed by atoms with Crippen LogP contribution in [0.3, 0.4) is 0 Å². The zero-order valence-electron chi connectivity index (χ0n) is 17.5. The summed E-state index contributed by atoms with van der Waals surface area (Å²) in [6.45, 7) is 6.88. The average Bonchev–Trinajstić information content (AvgIpc) is 3.03. The van der Waals surface area contributed by atoms with Crippen LogP contribution in [0.1, 0.15) is 64.5 Å². The van der Waals surface area contributed by atoms with E-state index in [1.54, 1.807) is 56.5 Å². The molecule has 0 aliphatic carbocycles. The van der Waals surface area contributed by atoms with Gasteiger partial charge in [0.05, 0.1) is 17.7 Å². The van der Waals surface area contributed by atoms with Crippen molar-refractivity contribution in [3.8, 4) is 0 Å². The molecule has 0 aliphatic heterocycles. The van der Waals surface area contributed by atoms with Gasteiger partial charge in [0.25, 0.3) is 0 Å². The molecule has 6 nitrogen and oxygen atoms in total. The number of aromatic nitrogens is 1. The van der Waals surface area contributed by atoms with Gasteiger partial charge >= 0.3 is 11.9 Å². The predicted molar refractivity (Wildman–Crippen MR) is 113 cm³/mol. The number of hydrogen-bond donors (Lipinski definition) is 0. The van der Waals surface area contributed by atoms with Crippen LogP contribution in [0, 0.1) is 0 Å². The largest absolute Gasteiger partial charge is 0.459 e. The van der Waals surface area contributed by atoms with Gasteiger partial charge in [-0.3, -0.25) is 4.79 Å². The number of carbonyl (C=O) groups is 3. The van der Waals surface area contributed by atoms with Crippen molar-refractivity contribution in [3.05, 3.63) is 77.1 Å². The highest BCUT2D eigenvalue weighted by Gasteiger charge is 2.33. The number of benzene rings is 1. The van der Waals surface area contributed by atoms with Crippen molar-refractivity contribution in [2.75, 3.05) is 0 Å². The van der Waals surface area contributed by atoms with Gasteiger partial charge in [0.15, 0.2) is 5.78 Å². The van der Waals surface area contributed by atoms with E-state index in [2.05, 4.69) is 0 Å². The molecule has 30 heavy (non-hydrogen) atoms. The van der Waals surface area contributed by atoms with Gasteiger partial charge in [-0.2, -0.15) is 0 Å². The maximum Gasteiger partial charge on any atom is 0.341 e. The Morgan fingerprint density at radius 3 is 1.97 bits per heavy atom. The molecule has 1 aromatic carbocycles. The highest BCUT2D eigenvalue weighted by Crippen LogP contribution is 2.28. The molecule has 3 aromatic rings. The number of esters is 2. The Balaban J connectivity index is 2.22. The van der Waals surface area contributed by atoms with E-state index in [0.717, 1.165) is 5.56 Å². The lowest BCUT2D eigenvalue weighted by Gasteiger charge is -2.12. The van der Waals surface area contributed by atoms with Gasteiger partial charge < -0.3 is 13.9 Å². The first-order chi connectivity index (χ1) is 14.3. The molecule has 0 aliphatic rings. The number of fused-ring (bicyclic) bond motifs is 1. The Labute approximate surface area is 175 Å². The Morgan fingerprint density at radius 2 is 1.37 bits per heavy atom. The van der Waals surface area contributed by atoms with Crippen LogP contribution in [0.15, 0.2) is 54.7 Å². The smallest absolute Gasteiger partial charge is 0.341 e. The Morgan fingerprint density at radius 1 is 0.800 bits per heavy atom. The molecule has 0 spiro atoms. The van der Waals surface area contributed by atoms with Crippen molar-refractivity contribution in [1.29, 1.82) is 0 Å². The third kappa shape index (κ3) is 4.43. The van der Waals surface area contributed by atoms with Crippen LogP contribution in [-0.2, 0) is 15.9 Å². The maximum atomic E-state index is 13.3. The first kappa shape index (κ1) is 21.3. The third-order valence-corrected chi connectivity index (χ3v) is 4.41. The molecule has 0 unspecified atom stereocenters. The SMILES string of the molecule is CC(C)OC(=O)c1c(C(=O)OC(C)C)c2ccccn2c1C(=O)Cc1ccccc1. The molecule has 0 saturated heterocycles. The average molecular weight is 407 g/mol. The summed E-state index contributed by atoms with van der Waals surface area (Å²) in [6, 6.07) is 14.4. The number of pyridine rings is 1. The molecule has 0 N–H and O–H groups in total. The summed E-state index contributed by atoms with van der Waals surface area (Å²) in [6.07, 6.45) is 0.953. The molecule has 0 radical (unpaired) electrons. The lowest BCUT2D eigenvalue weighted by atomic mass is 10.0. The molecule has 2 heterocycles. The van der Waals surface area contributed by atoms with Crippen molar-refractivity contribution < 1.29 is 23.9 Å². The van der Waals surface area contributed by atoms with Crippen LogP contribution in [0.2, 0.25) is 0 Å². The van der Waals surface area contributed by atoms with Gasteiger partial charge in [0, 0.05) is 12.6 Å². The minimum Gasteiger partial charge on any atom is -0.459 e. The van der Waals surface area contributed by atoms with Crippen LogP contribution in [0.5, 0.6) is 0 Å². The summed E-state index contributed by atoms with van der Waals surface area (Å²) in [5.41, 5.74) is 1.35. The zero-order chi connectivity index (χ0) is 21.8. The van der Waals surface area contributed by atoms with Crippen LogP contribution in [0.25, 0.3) is 5.52 Å². The second-order valence-corrected chi connectivity index (χ2v) is 7.55. The minimum atomic E-state index is -0.721. The third-order valence-electron chi connectivity index (χ3n) is 4.41. The lowest BCUT2D eigenvalue weighted by Crippen LogP contribution is -2.20. The number of ether oxygens (including phenoxy) is 2. The van der Waals surface area contributed by atoms with E-state index in [9.17, 15) is 14.4 Å². The van der Waals surface area contributed by atoms with Gasteiger partial charge in [-0.25, -0.2) is 9.59 Å². The maximum absolute atomic E-state index is 13.3. The predicted octanol–water partition coefficient (Wildman–Crippen LogP) is 4.50. The van der Waals surface area contributed by atoms with E-state index < -0.39 is 18.0 Å². The normalized spacial score (nSPS) is 11.1. The fourth-order valence-corrected chi connectivity index (χ4v) is 3.30. The molecule has 6 heteroatoms. The number of rotatable bonds is 7. The van der Waals surface area contributed by atoms with Gasteiger partial charge in [0.2, 0.25) is 0 Å². The molecule has 0 saturated carbocycles. The summed E-state index contributed by atoms with van der Waals surface area (Å²) in [4.78, 5) is 39.3. The van der Waals surface area contributed by atoms with Crippen LogP contribution in [0.4, 0.5) is 0 Å². The van der Waals surface area contributed by atoms with Crippen molar-refractivity contribution in [3.63, 3.8) is 0 Å². The number of hydrogen-bond acceptors (Lipinski definition) is 5. The standard InChI is InChI=1S/C24H25NO5/c1-15(2)29-23(27)20-18-12-8-9-13-25(18)22(21(20)24(28)30-16(3)4)19(26)14-17-10-6-5-7-11-17/h5-13,15-16H,14H2,1-4H3. The van der Waals surface area contributed by atoms with Crippen LogP contribution >= 0.6 is 0 Å². The van der Waals surface area contributed by atoms with E-state index in [4.69, 9.17) is 9.47 Å². The van der Waals surface area contributed by atoms with Gasteiger partial charge in [0.1, 0.15) is 16.8 Å². The Hall–Kier alpha value is -3.41. The molecule has 0 bridgehead atoms. The quantitative estimate of drug-likeness (QED) is 0.426. The van der Waals surface area contributed by atoms with E-state index >= 15 is 0 Å². The zero-order valence-corrected chi connectivity index (χ0v) is 17.5. The van der Waals surface area contributed by atoms with E-state index in [1.165, 1.54) is 0 Å². The molecule has 3 rings (SSSR count). The fourth-order valence-electron chi connectivity index (χ4n) is 3.30. The minimum absolute atomic E-state index is 0.0476. The molecular formula is C24H25NO5. The highest BCUT2D eigenvalue weighted by atomic mass is 16.5. The lowest BCUT2D eigenvalue weighted by molar-refractivity contribution is 0.0329. The van der Waals surface area contributed by atoms with Gasteiger partial charge in [-0.05, 0) is 45.4 Å². The van der Waals surface area contributed by atoms with Gasteiger partial charge in [-0.1, -0.05) is 36.4 Å². The number of carbonyl (C=O) groups excluding carboxylic acids is 3. The van der Waals surface area contributed by atoms with Crippen LogP contribution < -0.4 is 0 Å². The molecule has 0 amide bonds. The number of ketones is 1. The summed E-state index contributed by atoms with van der Waals surface area (Å²) in [5.74, 6) is -1.68. The Kier molecular flexibility index (Phi) is 6.35. The molecule has 2 aromatic heterocycles. The highest BCUT2D eigenvalue weighted by molar-refractivity contribution is 6.16. The van der Waals surface area contributed by atoms with E-state index in [0.29, 0.717) is 5.52 Å². The van der Waals surface area contributed by atoms with E-state index in [1.807, 2.05) is 30.3 Å². The first-order valence-corrected chi connectivity index (χ1v) is 9.91. The second-order valence-electron chi connectivity index (χ2n) is 7.55. The summed E-state index contributed by atoms with van der Waals surface area (Å²) < 4.78 is 12.3. The first-order valence-electron chi connectivity index (χ1n) is 9.91. The molecule has 0 fully saturated rings. The second kappa shape index (κ2) is 8.95. The summed E-state index contributed by atoms with van der Waals surface area (Å²) in [7, 11) is 0. The van der Waals surface area contributed by atoms with Gasteiger partial charge in [-0.15, -0.1) is 0 Å². The van der Waals surface area contributed by atoms with Crippen molar-refractivity contribution in [2.45, 2.75) is 46.3 Å². The van der Waals surface area contributed by atoms with Crippen molar-refractivity contribution in [2.24, 2.45) is 0 Å². The van der Waals surface area contributed by atoms with Crippen molar-refractivity contribution in [1.82, 2.24) is 4.40 Å². The van der Waals surface area contributed by atoms with Crippen LogP contribution in [-0.4, -0.2) is 34.3 Å². The Bertz CT molecular complexity index is 1080. The summed E-state index contributed by atoms with van der Waals surface area (Å²) >= 11 is 0. The summed E-state index contributed by atoms with van der Waals surface area (Å²) in [5, 5.41) is 0. The number of nitrogens with zero attached hydrogens (tertiary/aromatic N) is 1. The fraction of sp³-hybridized carbons (Fsp3) is 0.292.